The number of pyridine rings is 1. The highest BCUT2D eigenvalue weighted by Crippen LogP contribution is 2.17. The van der Waals surface area contributed by atoms with Gasteiger partial charge in [-0.2, -0.15) is 0 Å². The monoisotopic (exact) mass is 279 g/mol. The lowest BCUT2D eigenvalue weighted by atomic mass is 10.0. The zero-order chi connectivity index (χ0) is 14.8. The van der Waals surface area contributed by atoms with Gasteiger partial charge in [0, 0.05) is 24.3 Å². The Labute approximate surface area is 123 Å². The SMILES string of the molecule is CC(C)c1ccc(NC(=O)c2ccc3nccn3c2)cc1. The third-order valence-electron chi connectivity index (χ3n) is 3.49. The smallest absolute Gasteiger partial charge is 0.257 e. The Morgan fingerprint density at radius 1 is 1.14 bits per heavy atom. The zero-order valence-corrected chi connectivity index (χ0v) is 12.1. The summed E-state index contributed by atoms with van der Waals surface area (Å²) >= 11 is 0. The molecule has 0 bridgehead atoms. The fourth-order valence-electron chi connectivity index (χ4n) is 2.21. The lowest BCUT2D eigenvalue weighted by Gasteiger charge is -2.08. The van der Waals surface area contributed by atoms with Gasteiger partial charge in [0.25, 0.3) is 5.91 Å². The van der Waals surface area contributed by atoms with Crippen molar-refractivity contribution in [2.75, 3.05) is 5.32 Å². The summed E-state index contributed by atoms with van der Waals surface area (Å²) in [5.41, 5.74) is 3.49. The minimum absolute atomic E-state index is 0.122. The highest BCUT2D eigenvalue weighted by molar-refractivity contribution is 6.04. The summed E-state index contributed by atoms with van der Waals surface area (Å²) in [5.74, 6) is 0.362. The van der Waals surface area contributed by atoms with Gasteiger partial charge in [0.15, 0.2) is 0 Å². The van der Waals surface area contributed by atoms with Crippen LogP contribution in [0.2, 0.25) is 0 Å². The van der Waals surface area contributed by atoms with E-state index in [2.05, 4.69) is 24.1 Å². The summed E-state index contributed by atoms with van der Waals surface area (Å²) in [4.78, 5) is 16.4. The first-order chi connectivity index (χ1) is 10.1. The predicted molar refractivity (Wildman–Crippen MR) is 83.7 cm³/mol. The average molecular weight is 279 g/mol. The number of carbonyl (C=O) groups is 1. The molecule has 3 rings (SSSR count). The Balaban J connectivity index is 1.78. The average Bonchev–Trinajstić information content (AvgIpc) is 2.95. The summed E-state index contributed by atoms with van der Waals surface area (Å²) in [6, 6.07) is 11.6. The first-order valence-corrected chi connectivity index (χ1v) is 6.97. The maximum atomic E-state index is 12.3. The molecular formula is C17H17N3O. The van der Waals surface area contributed by atoms with E-state index in [1.165, 1.54) is 5.56 Å². The van der Waals surface area contributed by atoms with Crippen LogP contribution in [-0.4, -0.2) is 15.3 Å². The summed E-state index contributed by atoms with van der Waals surface area (Å²) in [6.07, 6.45) is 5.31. The number of benzene rings is 1. The Morgan fingerprint density at radius 2 is 1.90 bits per heavy atom. The summed E-state index contributed by atoms with van der Waals surface area (Å²) < 4.78 is 1.83. The summed E-state index contributed by atoms with van der Waals surface area (Å²) in [5, 5.41) is 2.91. The fraction of sp³-hybridized carbons (Fsp3) is 0.176. The van der Waals surface area contributed by atoms with Crippen LogP contribution in [0, 0.1) is 0 Å². The Hall–Kier alpha value is -2.62. The van der Waals surface area contributed by atoms with E-state index in [0.29, 0.717) is 11.5 Å². The molecule has 0 aliphatic heterocycles. The molecule has 0 saturated heterocycles. The van der Waals surface area contributed by atoms with Crippen LogP contribution >= 0.6 is 0 Å². The van der Waals surface area contributed by atoms with Gasteiger partial charge in [-0.3, -0.25) is 4.79 Å². The third kappa shape index (κ3) is 2.79. The third-order valence-corrected chi connectivity index (χ3v) is 3.49. The number of imidazole rings is 1. The highest BCUT2D eigenvalue weighted by Gasteiger charge is 2.07. The first-order valence-electron chi connectivity index (χ1n) is 6.97. The van der Waals surface area contributed by atoms with Gasteiger partial charge in [0.1, 0.15) is 5.65 Å². The largest absolute Gasteiger partial charge is 0.322 e. The van der Waals surface area contributed by atoms with Crippen LogP contribution < -0.4 is 5.32 Å². The lowest BCUT2D eigenvalue weighted by Crippen LogP contribution is -2.12. The van der Waals surface area contributed by atoms with Crippen molar-refractivity contribution in [3.8, 4) is 0 Å². The molecule has 0 atom stereocenters. The molecule has 0 unspecified atom stereocenters. The van der Waals surface area contributed by atoms with Gasteiger partial charge in [0.2, 0.25) is 0 Å². The van der Waals surface area contributed by atoms with Crippen molar-refractivity contribution < 1.29 is 4.79 Å². The molecule has 4 nitrogen and oxygen atoms in total. The van der Waals surface area contributed by atoms with Crippen molar-refractivity contribution in [2.45, 2.75) is 19.8 Å². The Morgan fingerprint density at radius 3 is 2.62 bits per heavy atom. The predicted octanol–water partition coefficient (Wildman–Crippen LogP) is 3.71. The molecule has 1 N–H and O–H groups in total. The molecule has 0 fully saturated rings. The molecule has 21 heavy (non-hydrogen) atoms. The molecule has 0 spiro atoms. The molecule has 0 radical (unpaired) electrons. The lowest BCUT2D eigenvalue weighted by molar-refractivity contribution is 0.102. The van der Waals surface area contributed by atoms with Crippen LogP contribution in [-0.2, 0) is 0 Å². The van der Waals surface area contributed by atoms with Crippen LogP contribution in [0.4, 0.5) is 5.69 Å². The van der Waals surface area contributed by atoms with Crippen LogP contribution in [0.5, 0.6) is 0 Å². The van der Waals surface area contributed by atoms with Crippen molar-refractivity contribution in [1.82, 2.24) is 9.38 Å². The van der Waals surface area contributed by atoms with Gasteiger partial charge in [-0.05, 0) is 35.7 Å². The standard InChI is InChI=1S/C17H17N3O/c1-12(2)13-3-6-15(7-4-13)19-17(21)14-5-8-16-18-9-10-20(16)11-14/h3-12H,1-2H3,(H,19,21). The quantitative estimate of drug-likeness (QED) is 0.794. The number of anilines is 1. The van der Waals surface area contributed by atoms with Gasteiger partial charge in [0.05, 0.1) is 5.56 Å². The van der Waals surface area contributed by atoms with E-state index in [4.69, 9.17) is 0 Å². The van der Waals surface area contributed by atoms with Crippen molar-refractivity contribution in [3.05, 3.63) is 66.1 Å². The van der Waals surface area contributed by atoms with E-state index in [1.807, 2.05) is 40.9 Å². The fourth-order valence-corrected chi connectivity index (χ4v) is 2.21. The van der Waals surface area contributed by atoms with Gasteiger partial charge in [-0.25, -0.2) is 4.98 Å². The van der Waals surface area contributed by atoms with E-state index in [1.54, 1.807) is 18.5 Å². The Kier molecular flexibility index (Phi) is 3.44. The summed E-state index contributed by atoms with van der Waals surface area (Å²) in [6.45, 7) is 4.29. The minimum Gasteiger partial charge on any atom is -0.322 e. The molecule has 0 aliphatic carbocycles. The molecule has 0 aliphatic rings. The van der Waals surface area contributed by atoms with Crippen LogP contribution in [0.1, 0.15) is 35.7 Å². The van der Waals surface area contributed by atoms with Crippen LogP contribution in [0.15, 0.2) is 55.0 Å². The molecule has 1 aromatic carbocycles. The number of hydrogen-bond acceptors (Lipinski definition) is 2. The second-order valence-electron chi connectivity index (χ2n) is 5.34. The van der Waals surface area contributed by atoms with Crippen molar-refractivity contribution in [2.24, 2.45) is 0 Å². The number of rotatable bonds is 3. The maximum absolute atomic E-state index is 12.3. The zero-order valence-electron chi connectivity index (χ0n) is 12.1. The molecule has 0 saturated carbocycles. The highest BCUT2D eigenvalue weighted by atomic mass is 16.1. The molecule has 1 amide bonds. The van der Waals surface area contributed by atoms with Crippen molar-refractivity contribution in [3.63, 3.8) is 0 Å². The topological polar surface area (TPSA) is 46.4 Å². The minimum atomic E-state index is -0.122. The molecule has 106 valence electrons. The van der Waals surface area contributed by atoms with E-state index >= 15 is 0 Å². The van der Waals surface area contributed by atoms with Gasteiger partial charge in [-0.1, -0.05) is 26.0 Å². The van der Waals surface area contributed by atoms with E-state index < -0.39 is 0 Å². The number of aromatic nitrogens is 2. The van der Waals surface area contributed by atoms with E-state index in [-0.39, 0.29) is 5.91 Å². The molecule has 2 heterocycles. The first kappa shape index (κ1) is 13.4. The Bertz CT molecular complexity index is 772. The van der Waals surface area contributed by atoms with Crippen LogP contribution in [0.3, 0.4) is 0 Å². The summed E-state index contributed by atoms with van der Waals surface area (Å²) in [7, 11) is 0. The molecule has 2 aromatic heterocycles. The van der Waals surface area contributed by atoms with E-state index in [9.17, 15) is 4.79 Å². The van der Waals surface area contributed by atoms with Gasteiger partial charge in [-0.15, -0.1) is 0 Å². The maximum Gasteiger partial charge on any atom is 0.257 e. The second-order valence-corrected chi connectivity index (χ2v) is 5.34. The molecular weight excluding hydrogens is 262 g/mol. The normalized spacial score (nSPS) is 11.0. The molecule has 4 heteroatoms. The van der Waals surface area contributed by atoms with Crippen molar-refractivity contribution in [1.29, 1.82) is 0 Å². The number of nitrogens with one attached hydrogen (secondary N) is 1. The number of amides is 1. The van der Waals surface area contributed by atoms with Gasteiger partial charge < -0.3 is 9.72 Å². The second kappa shape index (κ2) is 5.40. The number of nitrogens with zero attached hydrogens (tertiary/aromatic N) is 2. The molecule has 3 aromatic rings. The van der Waals surface area contributed by atoms with E-state index in [0.717, 1.165) is 11.3 Å². The number of carbonyl (C=O) groups excluding carboxylic acids is 1. The van der Waals surface area contributed by atoms with Crippen molar-refractivity contribution >= 4 is 17.2 Å². The van der Waals surface area contributed by atoms with Gasteiger partial charge >= 0.3 is 0 Å². The number of fused-ring (bicyclic) bond motifs is 1. The number of hydrogen-bond donors (Lipinski definition) is 1. The van der Waals surface area contributed by atoms with Crippen LogP contribution in [0.25, 0.3) is 5.65 Å².